The number of fused-ring (bicyclic) bond motifs is 1. The van der Waals surface area contributed by atoms with Crippen LogP contribution in [0.25, 0.3) is 21.9 Å². The van der Waals surface area contributed by atoms with Gasteiger partial charge >= 0.3 is 6.03 Å². The number of hydrogen-bond acceptors (Lipinski definition) is 3. The molecule has 2 aromatic carbocycles. The summed E-state index contributed by atoms with van der Waals surface area (Å²) in [5.74, 6) is 0.688. The lowest BCUT2D eigenvalue weighted by Gasteiger charge is -2.12. The number of pyridine rings is 1. The molecule has 0 atom stereocenters. The first-order chi connectivity index (χ1) is 11.6. The number of aromatic hydroxyl groups is 1. The van der Waals surface area contributed by atoms with Gasteiger partial charge in [0, 0.05) is 23.7 Å². The molecule has 3 N–H and O–H groups in total. The second-order valence-corrected chi connectivity index (χ2v) is 5.55. The van der Waals surface area contributed by atoms with E-state index < -0.39 is 0 Å². The molecule has 1 aromatic heterocycles. The van der Waals surface area contributed by atoms with E-state index in [1.807, 2.05) is 44.2 Å². The standard InChI is InChI=1S/C19H19N3O2/c1-3-20-19(24)22-18-10-15-13(14-6-4-5-7-17(14)23)9-8-12(2)16(15)11-21-18/h4-11,23H,3H2,1-2H3,(H2,20,21,22,24). The fourth-order valence-corrected chi connectivity index (χ4v) is 2.71. The maximum absolute atomic E-state index is 11.7. The summed E-state index contributed by atoms with van der Waals surface area (Å²) in [5, 5.41) is 17.5. The highest BCUT2D eigenvalue weighted by Crippen LogP contribution is 2.36. The van der Waals surface area contributed by atoms with E-state index >= 15 is 0 Å². The Balaban J connectivity index is 2.14. The van der Waals surface area contributed by atoms with Crippen molar-refractivity contribution in [3.8, 4) is 16.9 Å². The number of aromatic nitrogens is 1. The molecule has 0 aliphatic carbocycles. The largest absolute Gasteiger partial charge is 0.507 e. The van der Waals surface area contributed by atoms with Crippen LogP contribution in [0, 0.1) is 6.92 Å². The van der Waals surface area contributed by atoms with Crippen LogP contribution >= 0.6 is 0 Å². The zero-order chi connectivity index (χ0) is 17.1. The second kappa shape index (κ2) is 6.58. The summed E-state index contributed by atoms with van der Waals surface area (Å²) in [6, 6.07) is 12.7. The molecule has 2 amide bonds. The Hall–Kier alpha value is -3.08. The Labute approximate surface area is 140 Å². The molecule has 5 heteroatoms. The number of nitrogens with one attached hydrogen (secondary N) is 2. The smallest absolute Gasteiger partial charge is 0.320 e. The van der Waals surface area contributed by atoms with Gasteiger partial charge in [0.1, 0.15) is 11.6 Å². The molecule has 0 fully saturated rings. The third kappa shape index (κ3) is 3.01. The summed E-state index contributed by atoms with van der Waals surface area (Å²) in [4.78, 5) is 16.0. The van der Waals surface area contributed by atoms with Crippen molar-refractivity contribution in [1.29, 1.82) is 0 Å². The number of phenolic OH excluding ortho intramolecular Hbond substituents is 1. The van der Waals surface area contributed by atoms with Crippen LogP contribution in [0.4, 0.5) is 10.6 Å². The van der Waals surface area contributed by atoms with Crippen LogP contribution < -0.4 is 10.6 Å². The summed E-state index contributed by atoms with van der Waals surface area (Å²) < 4.78 is 0. The summed E-state index contributed by atoms with van der Waals surface area (Å²) in [7, 11) is 0. The number of carbonyl (C=O) groups is 1. The van der Waals surface area contributed by atoms with Gasteiger partial charge in [-0.3, -0.25) is 5.32 Å². The van der Waals surface area contributed by atoms with Crippen LogP contribution in [0.15, 0.2) is 48.7 Å². The van der Waals surface area contributed by atoms with Crippen molar-refractivity contribution in [2.75, 3.05) is 11.9 Å². The number of para-hydroxylation sites is 1. The van der Waals surface area contributed by atoms with Crippen molar-refractivity contribution in [3.05, 3.63) is 54.2 Å². The first-order valence-electron chi connectivity index (χ1n) is 7.82. The number of nitrogens with zero attached hydrogens (tertiary/aromatic N) is 1. The Morgan fingerprint density at radius 3 is 2.67 bits per heavy atom. The van der Waals surface area contributed by atoms with Crippen LogP contribution in [-0.4, -0.2) is 22.7 Å². The molecule has 0 aliphatic heterocycles. The lowest BCUT2D eigenvalue weighted by molar-refractivity contribution is 0.252. The van der Waals surface area contributed by atoms with E-state index in [0.717, 1.165) is 27.5 Å². The minimum absolute atomic E-state index is 0.220. The fraction of sp³-hybridized carbons (Fsp3) is 0.158. The Morgan fingerprint density at radius 2 is 1.92 bits per heavy atom. The number of benzene rings is 2. The Morgan fingerprint density at radius 1 is 1.12 bits per heavy atom. The molecule has 0 aliphatic rings. The second-order valence-electron chi connectivity index (χ2n) is 5.55. The molecule has 0 radical (unpaired) electrons. The number of urea groups is 1. The van der Waals surface area contributed by atoms with Gasteiger partial charge in [-0.2, -0.15) is 0 Å². The van der Waals surface area contributed by atoms with E-state index in [9.17, 15) is 9.90 Å². The van der Waals surface area contributed by atoms with Gasteiger partial charge in [0.2, 0.25) is 0 Å². The predicted octanol–water partition coefficient (Wildman–Crippen LogP) is 4.06. The molecule has 0 spiro atoms. The third-order valence-electron chi connectivity index (χ3n) is 3.89. The predicted molar refractivity (Wildman–Crippen MR) is 96.3 cm³/mol. The van der Waals surface area contributed by atoms with Gasteiger partial charge in [0.15, 0.2) is 0 Å². The number of phenols is 1. The highest BCUT2D eigenvalue weighted by atomic mass is 16.3. The van der Waals surface area contributed by atoms with Crippen LogP contribution in [0.3, 0.4) is 0 Å². The molecular weight excluding hydrogens is 302 g/mol. The van der Waals surface area contributed by atoms with Crippen molar-refractivity contribution in [2.45, 2.75) is 13.8 Å². The van der Waals surface area contributed by atoms with Crippen molar-refractivity contribution in [2.24, 2.45) is 0 Å². The number of rotatable bonds is 3. The van der Waals surface area contributed by atoms with Gasteiger partial charge in [-0.05, 0) is 42.5 Å². The van der Waals surface area contributed by atoms with E-state index in [-0.39, 0.29) is 11.8 Å². The van der Waals surface area contributed by atoms with Crippen LogP contribution in [0.2, 0.25) is 0 Å². The number of amides is 2. The summed E-state index contributed by atoms with van der Waals surface area (Å²) in [6.07, 6.45) is 1.75. The minimum atomic E-state index is -0.291. The van der Waals surface area contributed by atoms with Crippen molar-refractivity contribution >= 4 is 22.6 Å². The maximum atomic E-state index is 11.7. The van der Waals surface area contributed by atoms with Crippen molar-refractivity contribution in [3.63, 3.8) is 0 Å². The lowest BCUT2D eigenvalue weighted by Crippen LogP contribution is -2.28. The maximum Gasteiger partial charge on any atom is 0.320 e. The zero-order valence-corrected chi connectivity index (χ0v) is 13.6. The zero-order valence-electron chi connectivity index (χ0n) is 13.6. The van der Waals surface area contributed by atoms with Crippen molar-refractivity contribution < 1.29 is 9.90 Å². The molecule has 1 heterocycles. The normalized spacial score (nSPS) is 10.6. The van der Waals surface area contributed by atoms with E-state index in [1.54, 1.807) is 18.3 Å². The fourth-order valence-electron chi connectivity index (χ4n) is 2.71. The highest BCUT2D eigenvalue weighted by molar-refractivity contribution is 6.01. The summed E-state index contributed by atoms with van der Waals surface area (Å²) in [5.41, 5.74) is 2.73. The molecule has 0 bridgehead atoms. The highest BCUT2D eigenvalue weighted by Gasteiger charge is 2.11. The van der Waals surface area contributed by atoms with Gasteiger partial charge in [0.05, 0.1) is 0 Å². The molecule has 5 nitrogen and oxygen atoms in total. The molecule has 0 saturated heterocycles. The Bertz CT molecular complexity index is 906. The van der Waals surface area contributed by atoms with E-state index in [1.165, 1.54) is 0 Å². The molecule has 3 rings (SSSR count). The van der Waals surface area contributed by atoms with Gasteiger partial charge in [-0.25, -0.2) is 9.78 Å². The van der Waals surface area contributed by atoms with Crippen LogP contribution in [0.5, 0.6) is 5.75 Å². The molecule has 3 aromatic rings. The SMILES string of the molecule is CCNC(=O)Nc1cc2c(-c3ccccc3O)ccc(C)c2cn1. The molecule has 24 heavy (non-hydrogen) atoms. The third-order valence-corrected chi connectivity index (χ3v) is 3.89. The topological polar surface area (TPSA) is 74.2 Å². The first-order valence-corrected chi connectivity index (χ1v) is 7.82. The first kappa shape index (κ1) is 15.8. The van der Waals surface area contributed by atoms with Crippen molar-refractivity contribution in [1.82, 2.24) is 10.3 Å². The average molecular weight is 321 g/mol. The van der Waals surface area contributed by atoms with Crippen LogP contribution in [-0.2, 0) is 0 Å². The summed E-state index contributed by atoms with van der Waals surface area (Å²) in [6.45, 7) is 4.41. The number of anilines is 1. The van der Waals surface area contributed by atoms with Gasteiger partial charge in [-0.1, -0.05) is 30.3 Å². The van der Waals surface area contributed by atoms with Crippen LogP contribution in [0.1, 0.15) is 12.5 Å². The van der Waals surface area contributed by atoms with Gasteiger partial charge in [-0.15, -0.1) is 0 Å². The molecule has 0 unspecified atom stereocenters. The monoisotopic (exact) mass is 321 g/mol. The number of carbonyl (C=O) groups excluding carboxylic acids is 1. The quantitative estimate of drug-likeness (QED) is 0.681. The van der Waals surface area contributed by atoms with E-state index in [4.69, 9.17) is 0 Å². The number of hydrogen-bond donors (Lipinski definition) is 3. The minimum Gasteiger partial charge on any atom is -0.507 e. The summed E-state index contributed by atoms with van der Waals surface area (Å²) >= 11 is 0. The molecular formula is C19H19N3O2. The molecule has 122 valence electrons. The van der Waals surface area contributed by atoms with E-state index in [2.05, 4.69) is 15.6 Å². The lowest BCUT2D eigenvalue weighted by atomic mass is 9.96. The molecule has 0 saturated carbocycles. The van der Waals surface area contributed by atoms with E-state index in [0.29, 0.717) is 12.4 Å². The number of aryl methyl sites for hydroxylation is 1. The average Bonchev–Trinajstić information content (AvgIpc) is 2.56. The van der Waals surface area contributed by atoms with Gasteiger partial charge < -0.3 is 10.4 Å². The Kier molecular flexibility index (Phi) is 4.33. The van der Waals surface area contributed by atoms with Gasteiger partial charge in [0.25, 0.3) is 0 Å².